The van der Waals surface area contributed by atoms with Crippen LogP contribution in [0.2, 0.25) is 0 Å². The molecule has 0 amide bonds. The Hall–Kier alpha value is -3.84. The Kier molecular flexibility index (Phi) is 7.38. The fourth-order valence-corrected chi connectivity index (χ4v) is 6.35. The molecule has 2 aromatic carbocycles. The van der Waals surface area contributed by atoms with Crippen LogP contribution in [0.25, 0.3) is 38.7 Å². The lowest BCUT2D eigenvalue weighted by atomic mass is 9.78. The summed E-state index contributed by atoms with van der Waals surface area (Å²) in [5.41, 5.74) is 6.89. The topological polar surface area (TPSA) is 89.4 Å². The van der Waals surface area contributed by atoms with Crippen molar-refractivity contribution < 1.29 is 19.4 Å². The molecule has 38 heavy (non-hydrogen) atoms. The number of ether oxygens (including phenoxy) is 1. The maximum absolute atomic E-state index is 12.6. The van der Waals surface area contributed by atoms with Gasteiger partial charge in [0.25, 0.3) is 0 Å². The molecule has 0 bridgehead atoms. The van der Waals surface area contributed by atoms with Crippen LogP contribution in [0.4, 0.5) is 0 Å². The molecule has 2 aromatic heterocycles. The largest absolute Gasteiger partial charge is 0.478 e. The maximum Gasteiger partial charge on any atom is 0.337 e. The summed E-state index contributed by atoms with van der Waals surface area (Å²) in [4.78, 5) is 34.5. The molecule has 0 saturated heterocycles. The van der Waals surface area contributed by atoms with E-state index in [0.717, 1.165) is 80.6 Å². The molecule has 1 fully saturated rings. The van der Waals surface area contributed by atoms with Gasteiger partial charge in [-0.25, -0.2) is 19.6 Å². The number of esters is 1. The highest BCUT2D eigenvalue weighted by molar-refractivity contribution is 7.15. The molecule has 0 atom stereocenters. The van der Waals surface area contributed by atoms with Gasteiger partial charge < -0.3 is 9.84 Å². The average Bonchev–Trinajstić information content (AvgIpc) is 3.28. The molecule has 7 heteroatoms. The van der Waals surface area contributed by atoms with Gasteiger partial charge in [0.15, 0.2) is 0 Å². The molecule has 1 N–H and O–H groups in total. The van der Waals surface area contributed by atoms with Crippen LogP contribution in [0.5, 0.6) is 0 Å². The molecule has 1 aliphatic carbocycles. The highest BCUT2D eigenvalue weighted by Gasteiger charge is 2.24. The monoisotopic (exact) mass is 526 g/mol. The number of aliphatic carboxylic acids is 1. The quantitative estimate of drug-likeness (QED) is 0.206. The van der Waals surface area contributed by atoms with E-state index in [4.69, 9.17) is 9.72 Å². The van der Waals surface area contributed by atoms with Crippen molar-refractivity contribution in [1.82, 2.24) is 9.97 Å². The number of thiazole rings is 1. The van der Waals surface area contributed by atoms with Gasteiger partial charge in [-0.05, 0) is 91.3 Å². The van der Waals surface area contributed by atoms with Crippen molar-refractivity contribution in [2.75, 3.05) is 7.11 Å². The summed E-state index contributed by atoms with van der Waals surface area (Å²) >= 11 is 1.64. The zero-order valence-corrected chi connectivity index (χ0v) is 22.6. The predicted molar refractivity (Wildman–Crippen MR) is 152 cm³/mol. The number of fused-ring (bicyclic) bond motifs is 1. The second kappa shape index (κ2) is 10.9. The van der Waals surface area contributed by atoms with Crippen molar-refractivity contribution in [3.05, 3.63) is 75.9 Å². The second-order valence-corrected chi connectivity index (χ2v) is 11.0. The van der Waals surface area contributed by atoms with Crippen molar-refractivity contribution >= 4 is 40.3 Å². The molecule has 0 unspecified atom stereocenters. The number of carbonyl (C=O) groups excluding carboxylic acids is 1. The molecule has 2 heterocycles. The highest BCUT2D eigenvalue weighted by atomic mass is 32.1. The summed E-state index contributed by atoms with van der Waals surface area (Å²) in [6.45, 7) is 4.00. The predicted octanol–water partition coefficient (Wildman–Crippen LogP) is 7.57. The normalized spacial score (nSPS) is 14.3. The van der Waals surface area contributed by atoms with E-state index >= 15 is 0 Å². The van der Waals surface area contributed by atoms with E-state index in [0.29, 0.717) is 11.1 Å². The van der Waals surface area contributed by atoms with Gasteiger partial charge in [-0.1, -0.05) is 31.4 Å². The van der Waals surface area contributed by atoms with Crippen LogP contribution in [-0.2, 0) is 9.53 Å². The molecule has 0 spiro atoms. The lowest BCUT2D eigenvalue weighted by Crippen LogP contribution is -2.10. The average molecular weight is 527 g/mol. The number of aryl methyl sites for hydroxylation is 2. The zero-order valence-electron chi connectivity index (χ0n) is 21.8. The van der Waals surface area contributed by atoms with E-state index in [2.05, 4.69) is 17.1 Å². The van der Waals surface area contributed by atoms with E-state index < -0.39 is 11.9 Å². The Bertz CT molecular complexity index is 1560. The Balaban J connectivity index is 1.68. The molecule has 0 aliphatic heterocycles. The minimum Gasteiger partial charge on any atom is -0.478 e. The number of hydrogen-bond donors (Lipinski definition) is 1. The van der Waals surface area contributed by atoms with E-state index in [1.54, 1.807) is 23.5 Å². The van der Waals surface area contributed by atoms with Crippen LogP contribution in [-0.4, -0.2) is 34.1 Å². The van der Waals surface area contributed by atoms with E-state index in [1.807, 2.05) is 38.1 Å². The van der Waals surface area contributed by atoms with Crippen LogP contribution in [0.3, 0.4) is 0 Å². The lowest BCUT2D eigenvalue weighted by Gasteiger charge is -2.26. The van der Waals surface area contributed by atoms with Crippen molar-refractivity contribution in [3.63, 3.8) is 0 Å². The van der Waals surface area contributed by atoms with E-state index in [1.165, 1.54) is 13.5 Å². The number of pyridine rings is 1. The molecule has 0 radical (unpaired) electrons. The molecule has 5 rings (SSSR count). The minimum atomic E-state index is -1.04. The summed E-state index contributed by atoms with van der Waals surface area (Å²) in [7, 11) is 1.36. The van der Waals surface area contributed by atoms with Gasteiger partial charge in [0.2, 0.25) is 0 Å². The van der Waals surface area contributed by atoms with Gasteiger partial charge in [-0.15, -0.1) is 11.3 Å². The smallest absolute Gasteiger partial charge is 0.337 e. The first-order valence-corrected chi connectivity index (χ1v) is 13.7. The summed E-state index contributed by atoms with van der Waals surface area (Å²) < 4.78 is 5.03. The van der Waals surface area contributed by atoms with Crippen molar-refractivity contribution in [2.24, 2.45) is 0 Å². The number of nitrogens with zero attached hydrogens (tertiary/aromatic N) is 2. The Morgan fingerprint density at radius 2 is 1.82 bits per heavy atom. The van der Waals surface area contributed by atoms with Gasteiger partial charge in [0.1, 0.15) is 0 Å². The summed E-state index contributed by atoms with van der Waals surface area (Å²) in [5.74, 6) is -1.18. The van der Waals surface area contributed by atoms with E-state index in [-0.39, 0.29) is 5.92 Å². The van der Waals surface area contributed by atoms with Gasteiger partial charge in [0, 0.05) is 11.5 Å². The number of benzene rings is 2. The number of carboxylic acids is 1. The Morgan fingerprint density at radius 3 is 2.50 bits per heavy atom. The number of rotatable bonds is 6. The van der Waals surface area contributed by atoms with Crippen LogP contribution in [0.15, 0.2) is 48.5 Å². The summed E-state index contributed by atoms with van der Waals surface area (Å²) in [5, 5.41) is 11.4. The van der Waals surface area contributed by atoms with Crippen LogP contribution in [0.1, 0.15) is 70.2 Å². The summed E-state index contributed by atoms with van der Waals surface area (Å²) in [6, 6.07) is 13.9. The number of hydrogen-bond acceptors (Lipinski definition) is 6. The molecule has 1 saturated carbocycles. The standard InChI is InChI=1S/C31H30N2O4S/c1-18-30(38-19(2)32-18)27-13-9-21-15-22(10-12-26(21)33-27)29-23(11-14-28(34)35)16-24(31(36)37-3)17-25(29)20-7-5-4-6-8-20/h9-17,20H,4-8H2,1-3H3,(H,34,35). The highest BCUT2D eigenvalue weighted by Crippen LogP contribution is 2.42. The summed E-state index contributed by atoms with van der Waals surface area (Å²) in [6.07, 6.45) is 8.24. The fraction of sp³-hybridized carbons (Fsp3) is 0.290. The SMILES string of the molecule is COC(=O)c1cc(C=CC(=O)O)c(-c2ccc3nc(-c4sc(C)nc4C)ccc3c2)c(C2CCCCC2)c1. The molecule has 4 aromatic rings. The van der Waals surface area contributed by atoms with Gasteiger partial charge in [-0.2, -0.15) is 0 Å². The Morgan fingerprint density at radius 1 is 1.03 bits per heavy atom. The molecular formula is C31H30N2O4S. The van der Waals surface area contributed by atoms with E-state index in [9.17, 15) is 14.7 Å². The van der Waals surface area contributed by atoms with Gasteiger partial charge in [0.05, 0.1) is 39.5 Å². The number of methoxy groups -OCH3 is 1. The second-order valence-electron chi connectivity index (χ2n) is 9.78. The van der Waals surface area contributed by atoms with Crippen molar-refractivity contribution in [1.29, 1.82) is 0 Å². The van der Waals surface area contributed by atoms with Crippen LogP contribution in [0, 0.1) is 13.8 Å². The van der Waals surface area contributed by atoms with Gasteiger partial charge >= 0.3 is 11.9 Å². The third-order valence-corrected chi connectivity index (χ3v) is 8.28. The number of carboxylic acid groups (broad SMARTS) is 1. The van der Waals surface area contributed by atoms with Crippen molar-refractivity contribution in [2.45, 2.75) is 51.9 Å². The zero-order chi connectivity index (χ0) is 26.8. The molecule has 194 valence electrons. The molecule has 1 aliphatic rings. The fourth-order valence-electron chi connectivity index (χ4n) is 5.46. The third kappa shape index (κ3) is 5.24. The van der Waals surface area contributed by atoms with Crippen LogP contribution < -0.4 is 0 Å². The maximum atomic E-state index is 12.6. The van der Waals surface area contributed by atoms with Crippen molar-refractivity contribution in [3.8, 4) is 21.7 Å². The van der Waals surface area contributed by atoms with Gasteiger partial charge in [-0.3, -0.25) is 0 Å². The first-order valence-electron chi connectivity index (χ1n) is 12.9. The third-order valence-electron chi connectivity index (χ3n) is 7.18. The minimum absolute atomic E-state index is 0.286. The Labute approximate surface area is 226 Å². The van der Waals surface area contributed by atoms with Crippen LogP contribution >= 0.6 is 11.3 Å². The number of carbonyl (C=O) groups is 2. The number of aromatic nitrogens is 2. The lowest BCUT2D eigenvalue weighted by molar-refractivity contribution is -0.131. The first kappa shape index (κ1) is 25.8. The molecular weight excluding hydrogens is 496 g/mol. The first-order chi connectivity index (χ1) is 18.3. The molecule has 6 nitrogen and oxygen atoms in total.